The van der Waals surface area contributed by atoms with Gasteiger partial charge in [0.05, 0.1) is 17.6 Å². The summed E-state index contributed by atoms with van der Waals surface area (Å²) in [5, 5.41) is 11.6. The molecule has 0 radical (unpaired) electrons. The zero-order chi connectivity index (χ0) is 21.8. The summed E-state index contributed by atoms with van der Waals surface area (Å²) in [7, 11) is 0. The molecule has 3 heterocycles. The van der Waals surface area contributed by atoms with Crippen molar-refractivity contribution in [2.24, 2.45) is 0 Å². The quantitative estimate of drug-likeness (QED) is 0.450. The van der Waals surface area contributed by atoms with Crippen molar-refractivity contribution in [1.29, 1.82) is 0 Å². The highest BCUT2D eigenvalue weighted by molar-refractivity contribution is 5.94. The summed E-state index contributed by atoms with van der Waals surface area (Å²) < 4.78 is 3.52. The smallest absolute Gasteiger partial charge is 0.251 e. The van der Waals surface area contributed by atoms with Crippen LogP contribution in [0.3, 0.4) is 0 Å². The van der Waals surface area contributed by atoms with E-state index in [1.165, 1.54) is 0 Å². The summed E-state index contributed by atoms with van der Waals surface area (Å²) in [6.45, 7) is 0.381. The molecule has 1 amide bonds. The van der Waals surface area contributed by atoms with Crippen LogP contribution in [0.15, 0.2) is 104 Å². The molecule has 0 atom stereocenters. The zero-order valence-corrected chi connectivity index (χ0v) is 17.2. The molecular weight excluding hydrogens is 400 g/mol. The molecule has 0 saturated heterocycles. The van der Waals surface area contributed by atoms with E-state index < -0.39 is 0 Å². The number of amides is 1. The minimum absolute atomic E-state index is 0.156. The van der Waals surface area contributed by atoms with Crippen LogP contribution in [0.2, 0.25) is 0 Å². The van der Waals surface area contributed by atoms with Crippen molar-refractivity contribution in [3.05, 3.63) is 115 Å². The van der Waals surface area contributed by atoms with Crippen molar-refractivity contribution in [2.45, 2.75) is 6.54 Å². The first-order valence-electron chi connectivity index (χ1n) is 10.2. The van der Waals surface area contributed by atoms with Crippen LogP contribution >= 0.6 is 0 Å². The third kappa shape index (κ3) is 4.04. The maximum absolute atomic E-state index is 12.8. The molecule has 0 aliphatic heterocycles. The van der Waals surface area contributed by atoms with Crippen LogP contribution in [-0.2, 0) is 6.54 Å². The Hall–Kier alpha value is -4.52. The van der Waals surface area contributed by atoms with E-state index in [0.29, 0.717) is 12.1 Å². The number of carbonyl (C=O) groups excluding carboxylic acids is 1. The van der Waals surface area contributed by atoms with Crippen molar-refractivity contribution >= 4 is 5.91 Å². The lowest BCUT2D eigenvalue weighted by Crippen LogP contribution is -2.23. The van der Waals surface area contributed by atoms with Gasteiger partial charge in [-0.15, -0.1) is 0 Å². The topological polar surface area (TPSA) is 77.6 Å². The van der Waals surface area contributed by atoms with Crippen LogP contribution in [0.5, 0.6) is 0 Å². The molecule has 5 aromatic rings. The Morgan fingerprint density at radius 3 is 2.56 bits per heavy atom. The summed E-state index contributed by atoms with van der Waals surface area (Å²) in [6, 6.07) is 25.1. The van der Waals surface area contributed by atoms with Gasteiger partial charge >= 0.3 is 0 Å². The number of hydrogen-bond donors (Lipinski definition) is 1. The Balaban J connectivity index is 1.30. The van der Waals surface area contributed by atoms with Gasteiger partial charge < -0.3 is 5.32 Å². The first-order chi connectivity index (χ1) is 15.8. The highest BCUT2D eigenvalue weighted by Crippen LogP contribution is 2.22. The summed E-state index contributed by atoms with van der Waals surface area (Å²) in [4.78, 5) is 17.2. The number of nitrogens with one attached hydrogen (secondary N) is 1. The number of aromatic nitrogens is 5. The fourth-order valence-corrected chi connectivity index (χ4v) is 3.46. The molecule has 2 aromatic carbocycles. The van der Waals surface area contributed by atoms with E-state index in [4.69, 9.17) is 0 Å². The van der Waals surface area contributed by atoms with Crippen molar-refractivity contribution in [3.63, 3.8) is 0 Å². The normalized spacial score (nSPS) is 10.8. The average molecular weight is 420 g/mol. The van der Waals surface area contributed by atoms with Crippen LogP contribution in [0, 0.1) is 0 Å². The molecule has 1 N–H and O–H groups in total. The van der Waals surface area contributed by atoms with Crippen LogP contribution < -0.4 is 5.32 Å². The number of carbonyl (C=O) groups is 1. The Morgan fingerprint density at radius 2 is 1.78 bits per heavy atom. The second kappa shape index (κ2) is 8.69. The lowest BCUT2D eigenvalue weighted by atomic mass is 10.1. The molecule has 0 saturated carbocycles. The fourth-order valence-electron chi connectivity index (χ4n) is 3.46. The molecule has 0 unspecified atom stereocenters. The molecule has 7 heteroatoms. The molecule has 156 valence electrons. The fraction of sp³-hybridized carbons (Fsp3) is 0.0400. The van der Waals surface area contributed by atoms with E-state index in [1.54, 1.807) is 29.3 Å². The Kier molecular flexibility index (Phi) is 5.28. The monoisotopic (exact) mass is 420 g/mol. The van der Waals surface area contributed by atoms with Gasteiger partial charge in [0.1, 0.15) is 0 Å². The maximum Gasteiger partial charge on any atom is 0.251 e. The molecule has 5 rings (SSSR count). The summed E-state index contributed by atoms with van der Waals surface area (Å²) in [5.74, 6) is 0.572. The third-order valence-corrected chi connectivity index (χ3v) is 5.07. The number of nitrogens with zero attached hydrogens (tertiary/aromatic N) is 5. The number of pyridine rings is 1. The molecule has 3 aromatic heterocycles. The van der Waals surface area contributed by atoms with Gasteiger partial charge in [-0.25, -0.2) is 14.3 Å². The highest BCUT2D eigenvalue weighted by Gasteiger charge is 2.11. The van der Waals surface area contributed by atoms with Crippen LogP contribution in [0.25, 0.3) is 22.8 Å². The SMILES string of the molecule is O=C(NCc1ccc(-n2cccn2)nc1)c1cccc(-n2nccc2-c2ccccc2)c1. The van der Waals surface area contributed by atoms with Crippen molar-refractivity contribution in [3.8, 4) is 22.8 Å². The van der Waals surface area contributed by atoms with E-state index in [0.717, 1.165) is 28.3 Å². The minimum Gasteiger partial charge on any atom is -0.348 e. The van der Waals surface area contributed by atoms with E-state index in [1.807, 2.05) is 83.7 Å². The summed E-state index contributed by atoms with van der Waals surface area (Å²) in [6.07, 6.45) is 7.04. The van der Waals surface area contributed by atoms with Crippen molar-refractivity contribution < 1.29 is 4.79 Å². The Labute approximate surface area is 185 Å². The second-order valence-electron chi connectivity index (χ2n) is 7.20. The first-order valence-corrected chi connectivity index (χ1v) is 10.2. The van der Waals surface area contributed by atoms with Crippen LogP contribution in [0.4, 0.5) is 0 Å². The van der Waals surface area contributed by atoms with E-state index in [2.05, 4.69) is 20.5 Å². The predicted molar refractivity (Wildman–Crippen MR) is 122 cm³/mol. The lowest BCUT2D eigenvalue weighted by molar-refractivity contribution is 0.0951. The van der Waals surface area contributed by atoms with Crippen molar-refractivity contribution in [2.75, 3.05) is 0 Å². The molecule has 0 fully saturated rings. The number of rotatable bonds is 6. The summed E-state index contributed by atoms with van der Waals surface area (Å²) >= 11 is 0. The van der Waals surface area contributed by atoms with Crippen LogP contribution in [-0.4, -0.2) is 30.5 Å². The highest BCUT2D eigenvalue weighted by atomic mass is 16.1. The first kappa shape index (κ1) is 19.4. The van der Waals surface area contributed by atoms with Gasteiger partial charge in [0.25, 0.3) is 5.91 Å². The average Bonchev–Trinajstić information content (AvgIpc) is 3.56. The second-order valence-corrected chi connectivity index (χ2v) is 7.20. The minimum atomic E-state index is -0.156. The van der Waals surface area contributed by atoms with Crippen LogP contribution in [0.1, 0.15) is 15.9 Å². The largest absolute Gasteiger partial charge is 0.348 e. The number of hydrogen-bond acceptors (Lipinski definition) is 4. The van der Waals surface area contributed by atoms with Gasteiger partial charge in [-0.3, -0.25) is 4.79 Å². The molecular formula is C25H20N6O. The van der Waals surface area contributed by atoms with Gasteiger partial charge in [-0.1, -0.05) is 42.5 Å². The third-order valence-electron chi connectivity index (χ3n) is 5.07. The Morgan fingerprint density at radius 1 is 0.875 bits per heavy atom. The van der Waals surface area contributed by atoms with Gasteiger partial charge in [0.2, 0.25) is 0 Å². The van der Waals surface area contributed by atoms with E-state index in [-0.39, 0.29) is 5.91 Å². The van der Waals surface area contributed by atoms with Gasteiger partial charge in [-0.2, -0.15) is 10.2 Å². The molecule has 0 spiro atoms. The van der Waals surface area contributed by atoms with E-state index >= 15 is 0 Å². The maximum atomic E-state index is 12.8. The zero-order valence-electron chi connectivity index (χ0n) is 17.2. The molecule has 7 nitrogen and oxygen atoms in total. The van der Waals surface area contributed by atoms with Gasteiger partial charge in [0, 0.05) is 36.3 Å². The van der Waals surface area contributed by atoms with E-state index in [9.17, 15) is 4.79 Å². The summed E-state index contributed by atoms with van der Waals surface area (Å²) in [5.41, 5.74) is 4.33. The number of benzene rings is 2. The molecule has 0 aliphatic carbocycles. The predicted octanol–water partition coefficient (Wildman–Crippen LogP) is 4.05. The molecule has 32 heavy (non-hydrogen) atoms. The van der Waals surface area contributed by atoms with Crippen molar-refractivity contribution in [1.82, 2.24) is 29.9 Å². The molecule has 0 aliphatic rings. The Bertz CT molecular complexity index is 1320. The van der Waals surface area contributed by atoms with Gasteiger partial charge in [0.15, 0.2) is 5.82 Å². The standard InChI is InChI=1S/C25H20N6O/c32-25(27-18-19-10-11-24(26-17-19)30-15-5-13-28-30)21-8-4-9-22(16-21)31-23(12-14-29-31)20-6-2-1-3-7-20/h1-17H,18H2,(H,27,32). The lowest BCUT2D eigenvalue weighted by Gasteiger charge is -2.10. The molecule has 0 bridgehead atoms. The van der Waals surface area contributed by atoms with Gasteiger partial charge in [-0.05, 0) is 42.0 Å².